The molecule has 1 aliphatic rings. The number of likely N-dealkylation sites (N-methyl/N-ethyl adjacent to an activating group) is 1. The van der Waals surface area contributed by atoms with Crippen molar-refractivity contribution in [2.75, 3.05) is 13.6 Å². The van der Waals surface area contributed by atoms with Gasteiger partial charge >= 0.3 is 6.36 Å². The van der Waals surface area contributed by atoms with Crippen molar-refractivity contribution < 1.29 is 31.1 Å². The molecule has 1 unspecified atom stereocenters. The minimum Gasteiger partial charge on any atom is -0.406 e. The van der Waals surface area contributed by atoms with Gasteiger partial charge < -0.3 is 9.47 Å². The molecule has 0 N–H and O–H groups in total. The Morgan fingerprint density at radius 2 is 1.74 bits per heavy atom. The molecule has 0 saturated heterocycles. The first-order valence-electron chi connectivity index (χ1n) is 8.16. The van der Waals surface area contributed by atoms with Gasteiger partial charge in [-0.15, -0.1) is 13.2 Å². The third-order valence-corrected chi connectivity index (χ3v) is 6.10. The quantitative estimate of drug-likeness (QED) is 0.771. The van der Waals surface area contributed by atoms with E-state index in [1.54, 1.807) is 0 Å². The van der Waals surface area contributed by atoms with Gasteiger partial charge in [-0.2, -0.15) is 4.31 Å². The summed E-state index contributed by atoms with van der Waals surface area (Å²) in [7, 11) is -2.44. The number of rotatable bonds is 5. The van der Waals surface area contributed by atoms with Crippen molar-refractivity contribution in [2.45, 2.75) is 30.4 Å². The van der Waals surface area contributed by atoms with Crippen molar-refractivity contribution >= 4 is 10.0 Å². The van der Waals surface area contributed by atoms with Crippen LogP contribution in [0.2, 0.25) is 0 Å². The number of fused-ring (bicyclic) bond motifs is 1. The van der Waals surface area contributed by atoms with E-state index in [-0.39, 0.29) is 17.5 Å². The fourth-order valence-electron chi connectivity index (χ4n) is 2.90. The van der Waals surface area contributed by atoms with E-state index in [0.717, 1.165) is 39.7 Å². The van der Waals surface area contributed by atoms with Crippen LogP contribution in [0.5, 0.6) is 5.75 Å². The lowest BCUT2D eigenvalue weighted by molar-refractivity contribution is -0.274. The monoisotopic (exact) mass is 401 g/mol. The van der Waals surface area contributed by atoms with Crippen LogP contribution in [-0.2, 0) is 27.8 Å². The van der Waals surface area contributed by atoms with Crippen molar-refractivity contribution in [3.8, 4) is 5.75 Å². The number of halogens is 3. The van der Waals surface area contributed by atoms with Gasteiger partial charge in [0, 0.05) is 20.0 Å². The largest absolute Gasteiger partial charge is 0.573 e. The molecule has 0 fully saturated rings. The predicted molar refractivity (Wildman–Crippen MR) is 91.7 cm³/mol. The molecule has 146 valence electrons. The van der Waals surface area contributed by atoms with Gasteiger partial charge in [0.1, 0.15) is 5.75 Å². The average molecular weight is 401 g/mol. The molecule has 2 aromatic rings. The molecule has 0 spiro atoms. The number of nitrogens with zero attached hydrogens (tertiary/aromatic N) is 1. The van der Waals surface area contributed by atoms with Crippen LogP contribution in [0, 0.1) is 0 Å². The van der Waals surface area contributed by atoms with Crippen LogP contribution in [0.4, 0.5) is 13.2 Å². The first-order valence-corrected chi connectivity index (χ1v) is 9.60. The molecule has 1 aliphatic heterocycles. The summed E-state index contributed by atoms with van der Waals surface area (Å²) >= 11 is 0. The molecular formula is C18H18F3NO4S. The van der Waals surface area contributed by atoms with Crippen molar-refractivity contribution in [3.63, 3.8) is 0 Å². The minimum atomic E-state index is -4.83. The highest BCUT2D eigenvalue weighted by atomic mass is 32.2. The van der Waals surface area contributed by atoms with Crippen LogP contribution in [-0.4, -0.2) is 38.8 Å². The number of hydrogen-bond acceptors (Lipinski definition) is 4. The highest BCUT2D eigenvalue weighted by Crippen LogP contribution is 2.26. The molecule has 1 atom stereocenters. The highest BCUT2D eigenvalue weighted by Gasteiger charge is 2.31. The Labute approximate surface area is 155 Å². The maximum atomic E-state index is 12.7. The summed E-state index contributed by atoms with van der Waals surface area (Å²) < 4.78 is 72.6. The van der Waals surface area contributed by atoms with E-state index in [2.05, 4.69) is 4.74 Å². The molecular weight excluding hydrogens is 383 g/mol. The van der Waals surface area contributed by atoms with Crippen molar-refractivity contribution in [1.29, 1.82) is 0 Å². The molecule has 27 heavy (non-hydrogen) atoms. The van der Waals surface area contributed by atoms with Gasteiger partial charge in [-0.25, -0.2) is 8.42 Å². The second-order valence-electron chi connectivity index (χ2n) is 6.21. The Kier molecular flexibility index (Phi) is 5.45. The van der Waals surface area contributed by atoms with E-state index in [1.165, 1.54) is 7.05 Å². The van der Waals surface area contributed by atoms with E-state index >= 15 is 0 Å². The van der Waals surface area contributed by atoms with E-state index in [9.17, 15) is 21.6 Å². The summed E-state index contributed by atoms with van der Waals surface area (Å²) in [6, 6.07) is 11.9. The standard InChI is InChI=1S/C18H18F3NO4S/c1-22(11-16-10-13-4-2-3-5-14(13)12-25-16)27(23,24)17-8-6-15(7-9-17)26-18(19,20)21/h2-9,16H,10-12H2,1H3. The molecule has 5 nitrogen and oxygen atoms in total. The van der Waals surface area contributed by atoms with E-state index in [4.69, 9.17) is 4.74 Å². The molecule has 0 aliphatic carbocycles. The fourth-order valence-corrected chi connectivity index (χ4v) is 4.11. The normalized spacial score (nSPS) is 17.6. The minimum absolute atomic E-state index is 0.115. The number of hydrogen-bond donors (Lipinski definition) is 0. The van der Waals surface area contributed by atoms with Crippen LogP contribution in [0.1, 0.15) is 11.1 Å². The van der Waals surface area contributed by atoms with Crippen LogP contribution in [0.3, 0.4) is 0 Å². The number of sulfonamides is 1. The lowest BCUT2D eigenvalue weighted by atomic mass is 9.99. The zero-order valence-electron chi connectivity index (χ0n) is 14.4. The van der Waals surface area contributed by atoms with E-state index < -0.39 is 22.1 Å². The number of alkyl halides is 3. The topological polar surface area (TPSA) is 55.8 Å². The molecule has 2 aromatic carbocycles. The fraction of sp³-hybridized carbons (Fsp3) is 0.333. The molecule has 0 aromatic heterocycles. The first kappa shape index (κ1) is 19.7. The van der Waals surface area contributed by atoms with Crippen molar-refractivity contribution in [3.05, 3.63) is 59.7 Å². The molecule has 1 heterocycles. The van der Waals surface area contributed by atoms with Crippen LogP contribution < -0.4 is 4.74 Å². The molecule has 0 amide bonds. The van der Waals surface area contributed by atoms with Crippen molar-refractivity contribution in [2.24, 2.45) is 0 Å². The summed E-state index contributed by atoms with van der Waals surface area (Å²) in [6.45, 7) is 0.551. The Hall–Kier alpha value is -2.10. The number of benzene rings is 2. The van der Waals surface area contributed by atoms with Crippen LogP contribution in [0.25, 0.3) is 0 Å². The maximum Gasteiger partial charge on any atom is 0.573 e. The van der Waals surface area contributed by atoms with Gasteiger partial charge in [-0.1, -0.05) is 24.3 Å². The van der Waals surface area contributed by atoms with Gasteiger partial charge in [0.05, 0.1) is 17.6 Å². The van der Waals surface area contributed by atoms with Gasteiger partial charge in [-0.05, 0) is 35.4 Å². The average Bonchev–Trinajstić information content (AvgIpc) is 2.60. The third kappa shape index (κ3) is 4.79. The van der Waals surface area contributed by atoms with Crippen molar-refractivity contribution in [1.82, 2.24) is 4.31 Å². The van der Waals surface area contributed by atoms with E-state index in [0.29, 0.717) is 13.0 Å². The summed E-state index contributed by atoms with van der Waals surface area (Å²) in [4.78, 5) is -0.115. The Morgan fingerprint density at radius 3 is 2.37 bits per heavy atom. The summed E-state index contributed by atoms with van der Waals surface area (Å²) in [5.74, 6) is -0.476. The lowest BCUT2D eigenvalue weighted by Gasteiger charge is -2.28. The molecule has 0 radical (unpaired) electrons. The smallest absolute Gasteiger partial charge is 0.406 e. The predicted octanol–water partition coefficient (Wildman–Crippen LogP) is 3.35. The SMILES string of the molecule is CN(CC1Cc2ccccc2CO1)S(=O)(=O)c1ccc(OC(F)(F)F)cc1. The summed E-state index contributed by atoms with van der Waals surface area (Å²) in [5.41, 5.74) is 2.20. The lowest BCUT2D eigenvalue weighted by Crippen LogP contribution is -2.38. The zero-order valence-corrected chi connectivity index (χ0v) is 15.3. The number of ether oxygens (including phenoxy) is 2. The van der Waals surface area contributed by atoms with Gasteiger partial charge in [0.15, 0.2) is 0 Å². The molecule has 9 heteroatoms. The summed E-state index contributed by atoms with van der Waals surface area (Å²) in [5, 5.41) is 0. The maximum absolute atomic E-state index is 12.7. The Morgan fingerprint density at radius 1 is 1.11 bits per heavy atom. The highest BCUT2D eigenvalue weighted by molar-refractivity contribution is 7.89. The molecule has 3 rings (SSSR count). The second kappa shape index (κ2) is 7.49. The third-order valence-electron chi connectivity index (χ3n) is 4.27. The Balaban J connectivity index is 1.68. The first-order chi connectivity index (χ1) is 12.6. The zero-order chi connectivity index (χ0) is 19.7. The van der Waals surface area contributed by atoms with Gasteiger partial charge in [0.2, 0.25) is 10.0 Å². The van der Waals surface area contributed by atoms with Gasteiger partial charge in [-0.3, -0.25) is 0 Å². The molecule has 0 bridgehead atoms. The van der Waals surface area contributed by atoms with Crippen LogP contribution >= 0.6 is 0 Å². The van der Waals surface area contributed by atoms with E-state index in [1.807, 2.05) is 24.3 Å². The molecule has 0 saturated carbocycles. The summed E-state index contributed by atoms with van der Waals surface area (Å²) in [6.07, 6.45) is -4.53. The second-order valence-corrected chi connectivity index (χ2v) is 8.26. The van der Waals surface area contributed by atoms with Crippen LogP contribution in [0.15, 0.2) is 53.4 Å². The van der Waals surface area contributed by atoms with Gasteiger partial charge in [0.25, 0.3) is 0 Å². The Bertz CT molecular complexity index is 898.